The lowest BCUT2D eigenvalue weighted by Crippen LogP contribution is -1.95. The van der Waals surface area contributed by atoms with Gasteiger partial charge < -0.3 is 6.15 Å². The largest absolute Gasteiger partial charge is 0.344 e. The maximum Gasteiger partial charge on any atom is 0.150 e. The lowest BCUT2D eigenvalue weighted by atomic mass is 10.00. The first-order valence-electron chi connectivity index (χ1n) is 3.79. The highest BCUT2D eigenvalue weighted by atomic mass is 16.1. The predicted octanol–water partition coefficient (Wildman–Crippen LogP) is 2.24. The molecule has 3 heteroatoms. The highest BCUT2D eigenvalue weighted by Crippen LogP contribution is 2.31. The number of aromatic nitrogens is 1. The smallest absolute Gasteiger partial charge is 0.150 e. The summed E-state index contributed by atoms with van der Waals surface area (Å²) in [5, 5.41) is 2.15. The summed E-state index contributed by atoms with van der Waals surface area (Å²) in [6.45, 7) is 0. The van der Waals surface area contributed by atoms with Crippen molar-refractivity contribution in [1.29, 1.82) is 0 Å². The van der Waals surface area contributed by atoms with Crippen LogP contribution in [0.1, 0.15) is 10.4 Å². The molecule has 2 aromatic heterocycles. The first-order chi connectivity index (χ1) is 5.90. The fourth-order valence-electron chi connectivity index (χ4n) is 1.66. The number of nitrogens with zero attached hydrogens (tertiary/aromatic N) is 1. The summed E-state index contributed by atoms with van der Waals surface area (Å²) >= 11 is 0. The lowest BCUT2D eigenvalue weighted by Gasteiger charge is -2.10. The van der Waals surface area contributed by atoms with Crippen molar-refractivity contribution in [3.63, 3.8) is 0 Å². The molecule has 4 bridgehead atoms. The normalized spacial score (nSPS) is 10.8. The number of aldehydes is 1. The quantitative estimate of drug-likeness (QED) is 0.572. The van der Waals surface area contributed by atoms with Crippen molar-refractivity contribution in [2.45, 2.75) is 0 Å². The molecule has 3 N–H and O–H groups in total. The van der Waals surface area contributed by atoms with Crippen LogP contribution in [0, 0.1) is 0 Å². The molecule has 64 valence electrons. The van der Waals surface area contributed by atoms with Gasteiger partial charge in [0.15, 0.2) is 6.29 Å². The number of hydrogen-bond acceptors (Lipinski definition) is 3. The third-order valence-electron chi connectivity index (χ3n) is 2.28. The topological polar surface area (TPSA) is 65.0 Å². The molecule has 0 amide bonds. The molecule has 0 unspecified atom stereocenters. The van der Waals surface area contributed by atoms with E-state index in [4.69, 9.17) is 0 Å². The van der Waals surface area contributed by atoms with Crippen LogP contribution in [0.5, 0.6) is 0 Å². The maximum atomic E-state index is 10.6. The summed E-state index contributed by atoms with van der Waals surface area (Å²) in [7, 11) is 0. The predicted molar refractivity (Wildman–Crippen MR) is 52.0 cm³/mol. The second-order valence-electron chi connectivity index (χ2n) is 2.92. The Morgan fingerprint density at radius 1 is 1.15 bits per heavy atom. The lowest BCUT2D eigenvalue weighted by molar-refractivity contribution is 0.112. The van der Waals surface area contributed by atoms with Gasteiger partial charge in [-0.2, -0.15) is 0 Å². The Morgan fingerprint density at radius 2 is 1.92 bits per heavy atom. The SMILES string of the molecule is N.O=Cc1ccc2ccc3nc2c13. The van der Waals surface area contributed by atoms with Gasteiger partial charge in [0.05, 0.1) is 11.0 Å². The summed E-state index contributed by atoms with van der Waals surface area (Å²) in [5.41, 5.74) is 2.68. The first-order valence-corrected chi connectivity index (χ1v) is 3.79. The zero-order valence-electron chi connectivity index (χ0n) is 6.95. The molecule has 0 fully saturated rings. The number of carbonyl (C=O) groups is 1. The van der Waals surface area contributed by atoms with E-state index in [9.17, 15) is 4.79 Å². The average molecular weight is 172 g/mol. The third kappa shape index (κ3) is 0.764. The van der Waals surface area contributed by atoms with Gasteiger partial charge in [0.25, 0.3) is 0 Å². The van der Waals surface area contributed by atoms with Crippen molar-refractivity contribution in [2.75, 3.05) is 0 Å². The van der Waals surface area contributed by atoms with E-state index < -0.39 is 0 Å². The molecule has 2 heterocycles. The summed E-state index contributed by atoms with van der Waals surface area (Å²) in [6, 6.07) is 7.75. The number of carbonyl (C=O) groups excluding carboxylic acids is 1. The number of hydrogen-bond donors (Lipinski definition) is 1. The molecule has 0 radical (unpaired) electrons. The van der Waals surface area contributed by atoms with E-state index in [2.05, 4.69) is 4.98 Å². The second kappa shape index (κ2) is 2.37. The van der Waals surface area contributed by atoms with E-state index in [1.165, 1.54) is 0 Å². The molecule has 0 atom stereocenters. The molecule has 2 aromatic carbocycles. The van der Waals surface area contributed by atoms with Crippen molar-refractivity contribution in [3.8, 4) is 0 Å². The van der Waals surface area contributed by atoms with Crippen LogP contribution in [0.4, 0.5) is 0 Å². The Hall–Kier alpha value is -1.74. The molecule has 0 aliphatic heterocycles. The molecule has 4 rings (SSSR count). The van der Waals surface area contributed by atoms with Crippen LogP contribution in [0.3, 0.4) is 0 Å². The van der Waals surface area contributed by atoms with Gasteiger partial charge in [-0.1, -0.05) is 18.2 Å². The van der Waals surface area contributed by atoms with Crippen LogP contribution in [0.2, 0.25) is 0 Å². The second-order valence-corrected chi connectivity index (χ2v) is 2.92. The first kappa shape index (κ1) is 7.89. The fourth-order valence-corrected chi connectivity index (χ4v) is 1.66. The van der Waals surface area contributed by atoms with Crippen molar-refractivity contribution in [3.05, 3.63) is 29.8 Å². The van der Waals surface area contributed by atoms with Crippen molar-refractivity contribution in [2.24, 2.45) is 0 Å². The minimum Gasteiger partial charge on any atom is -0.344 e. The molecule has 3 nitrogen and oxygen atoms in total. The zero-order chi connectivity index (χ0) is 8.13. The summed E-state index contributed by atoms with van der Waals surface area (Å²) < 4.78 is 0. The van der Waals surface area contributed by atoms with Crippen LogP contribution in [-0.4, -0.2) is 11.3 Å². The van der Waals surface area contributed by atoms with E-state index in [1.807, 2.05) is 24.3 Å². The standard InChI is InChI=1S/C10H5NO.H3N/c12-5-7-2-1-6-3-4-8-9(7)10(6)11-8;/h1-5H;1H3. The van der Waals surface area contributed by atoms with Gasteiger partial charge in [0.2, 0.25) is 0 Å². The number of benzene rings is 2. The molecule has 13 heavy (non-hydrogen) atoms. The average Bonchev–Trinajstić information content (AvgIpc) is 2.10. The number of rotatable bonds is 1. The number of fused-ring (bicyclic) bond motifs is 1. The van der Waals surface area contributed by atoms with Gasteiger partial charge in [-0.15, -0.1) is 0 Å². The number of pyridine rings is 1. The minimum atomic E-state index is 0. The van der Waals surface area contributed by atoms with E-state index in [-0.39, 0.29) is 6.15 Å². The Labute approximate surface area is 74.6 Å². The van der Waals surface area contributed by atoms with Crippen molar-refractivity contribution < 1.29 is 4.79 Å². The molecule has 0 saturated carbocycles. The minimum absolute atomic E-state index is 0. The summed E-state index contributed by atoms with van der Waals surface area (Å²) in [5.74, 6) is 0. The Bertz CT molecular complexity index is 541. The maximum absolute atomic E-state index is 10.6. The van der Waals surface area contributed by atoms with Crippen LogP contribution in [-0.2, 0) is 0 Å². The van der Waals surface area contributed by atoms with Crippen LogP contribution >= 0.6 is 0 Å². The molecular formula is C10H8N2O. The van der Waals surface area contributed by atoms with Crippen LogP contribution in [0.15, 0.2) is 24.3 Å². The zero-order valence-corrected chi connectivity index (χ0v) is 6.95. The van der Waals surface area contributed by atoms with Gasteiger partial charge in [-0.05, 0) is 6.07 Å². The van der Waals surface area contributed by atoms with Crippen molar-refractivity contribution in [1.82, 2.24) is 11.1 Å². The Balaban J connectivity index is 0.000000653. The molecular weight excluding hydrogens is 164 g/mol. The van der Waals surface area contributed by atoms with Crippen molar-refractivity contribution >= 4 is 28.1 Å². The Morgan fingerprint density at radius 3 is 2.62 bits per heavy atom. The van der Waals surface area contributed by atoms with E-state index in [1.54, 1.807) is 0 Å². The summed E-state index contributed by atoms with van der Waals surface area (Å²) in [4.78, 5) is 14.9. The van der Waals surface area contributed by atoms with Gasteiger partial charge in [0.1, 0.15) is 0 Å². The van der Waals surface area contributed by atoms with Crippen LogP contribution in [0.25, 0.3) is 21.8 Å². The molecule has 0 aliphatic rings. The van der Waals surface area contributed by atoms with Gasteiger partial charge in [-0.25, -0.2) is 4.98 Å². The van der Waals surface area contributed by atoms with Gasteiger partial charge >= 0.3 is 0 Å². The summed E-state index contributed by atoms with van der Waals surface area (Å²) in [6.07, 6.45) is 0.885. The third-order valence-corrected chi connectivity index (χ3v) is 2.28. The highest BCUT2D eigenvalue weighted by Gasteiger charge is 2.12. The molecule has 0 saturated heterocycles. The van der Waals surface area contributed by atoms with E-state index in [0.29, 0.717) is 0 Å². The molecule has 4 aromatic rings. The van der Waals surface area contributed by atoms with E-state index in [0.717, 1.165) is 33.7 Å². The highest BCUT2D eigenvalue weighted by molar-refractivity contribution is 6.16. The fraction of sp³-hybridized carbons (Fsp3) is 0. The van der Waals surface area contributed by atoms with Gasteiger partial charge in [0, 0.05) is 16.3 Å². The molecule has 0 aliphatic carbocycles. The monoisotopic (exact) mass is 172 g/mol. The Kier molecular flexibility index (Phi) is 1.44. The van der Waals surface area contributed by atoms with Crippen LogP contribution < -0.4 is 6.15 Å². The van der Waals surface area contributed by atoms with E-state index >= 15 is 0 Å². The van der Waals surface area contributed by atoms with Gasteiger partial charge in [-0.3, -0.25) is 4.79 Å². The molecule has 0 spiro atoms.